The van der Waals surface area contributed by atoms with Crippen LogP contribution < -0.4 is 0 Å². The number of rotatable bonds is 2. The number of hydrogen-bond donors (Lipinski definition) is 0. The molecule has 0 fully saturated rings. The molecule has 1 aromatic carbocycles. The van der Waals surface area contributed by atoms with E-state index in [0.29, 0.717) is 0 Å². The lowest BCUT2D eigenvalue weighted by Gasteiger charge is -1.97. The number of hydrogen-bond acceptors (Lipinski definition) is 2. The SMILES string of the molecule is Clc1ccc(-c2nocc2CBr)cc1. The van der Waals surface area contributed by atoms with E-state index in [9.17, 15) is 0 Å². The monoisotopic (exact) mass is 271 g/mol. The second kappa shape index (κ2) is 4.15. The van der Waals surface area contributed by atoms with Gasteiger partial charge in [0.25, 0.3) is 0 Å². The molecule has 0 aliphatic carbocycles. The Balaban J connectivity index is 2.44. The van der Waals surface area contributed by atoms with Gasteiger partial charge in [-0.3, -0.25) is 0 Å². The van der Waals surface area contributed by atoms with Crippen molar-refractivity contribution in [2.24, 2.45) is 0 Å². The smallest absolute Gasteiger partial charge is 0.128 e. The molecule has 0 aliphatic heterocycles. The zero-order valence-electron chi connectivity index (χ0n) is 7.21. The summed E-state index contributed by atoms with van der Waals surface area (Å²) < 4.78 is 4.91. The third-order valence-electron chi connectivity index (χ3n) is 1.90. The van der Waals surface area contributed by atoms with E-state index >= 15 is 0 Å². The number of alkyl halides is 1. The van der Waals surface area contributed by atoms with Crippen molar-refractivity contribution in [1.82, 2.24) is 5.16 Å². The lowest BCUT2D eigenvalue weighted by atomic mass is 10.1. The van der Waals surface area contributed by atoms with Crippen LogP contribution in [0, 0.1) is 0 Å². The molecular formula is C10H7BrClNO. The van der Waals surface area contributed by atoms with E-state index in [4.69, 9.17) is 16.1 Å². The Kier molecular flexibility index (Phi) is 2.89. The quantitative estimate of drug-likeness (QED) is 0.775. The zero-order chi connectivity index (χ0) is 9.97. The third kappa shape index (κ3) is 1.83. The number of aromatic nitrogens is 1. The molecule has 0 atom stereocenters. The zero-order valence-corrected chi connectivity index (χ0v) is 9.55. The fourth-order valence-electron chi connectivity index (χ4n) is 1.20. The topological polar surface area (TPSA) is 26.0 Å². The van der Waals surface area contributed by atoms with Crippen LogP contribution in [0.1, 0.15) is 5.56 Å². The van der Waals surface area contributed by atoms with Crippen molar-refractivity contribution < 1.29 is 4.52 Å². The molecule has 0 spiro atoms. The Morgan fingerprint density at radius 2 is 2.00 bits per heavy atom. The highest BCUT2D eigenvalue weighted by Crippen LogP contribution is 2.24. The van der Waals surface area contributed by atoms with Crippen molar-refractivity contribution in [2.75, 3.05) is 0 Å². The second-order valence-corrected chi connectivity index (χ2v) is 3.83. The Bertz CT molecular complexity index is 424. The molecule has 4 heteroatoms. The maximum atomic E-state index is 5.79. The third-order valence-corrected chi connectivity index (χ3v) is 2.76. The molecule has 0 N–H and O–H groups in total. The van der Waals surface area contributed by atoms with E-state index in [1.165, 1.54) is 0 Å². The van der Waals surface area contributed by atoms with Gasteiger partial charge in [-0.15, -0.1) is 0 Å². The van der Waals surface area contributed by atoms with Gasteiger partial charge in [0, 0.05) is 21.5 Å². The summed E-state index contributed by atoms with van der Waals surface area (Å²) in [5.74, 6) is 0. The first-order valence-corrected chi connectivity index (χ1v) is 5.56. The van der Waals surface area contributed by atoms with Crippen LogP contribution in [0.15, 0.2) is 35.1 Å². The van der Waals surface area contributed by atoms with Crippen LogP contribution in [0.4, 0.5) is 0 Å². The largest absolute Gasteiger partial charge is 0.364 e. The first-order valence-electron chi connectivity index (χ1n) is 4.06. The van der Waals surface area contributed by atoms with Gasteiger partial charge in [-0.05, 0) is 12.1 Å². The molecule has 0 saturated heterocycles. The van der Waals surface area contributed by atoms with Crippen LogP contribution in [-0.2, 0) is 5.33 Å². The van der Waals surface area contributed by atoms with Gasteiger partial charge < -0.3 is 4.52 Å². The number of benzene rings is 1. The average molecular weight is 273 g/mol. The fourth-order valence-corrected chi connectivity index (χ4v) is 1.72. The molecule has 1 heterocycles. The first kappa shape index (κ1) is 9.74. The Morgan fingerprint density at radius 3 is 2.64 bits per heavy atom. The summed E-state index contributed by atoms with van der Waals surface area (Å²) in [6.07, 6.45) is 1.64. The minimum Gasteiger partial charge on any atom is -0.364 e. The normalized spacial score (nSPS) is 10.4. The van der Waals surface area contributed by atoms with Gasteiger partial charge in [-0.25, -0.2) is 0 Å². The molecule has 0 bridgehead atoms. The summed E-state index contributed by atoms with van der Waals surface area (Å²) in [5.41, 5.74) is 2.91. The molecule has 0 saturated carbocycles. The Morgan fingerprint density at radius 1 is 1.29 bits per heavy atom. The van der Waals surface area contributed by atoms with E-state index in [1.54, 1.807) is 6.26 Å². The van der Waals surface area contributed by atoms with Gasteiger partial charge in [0.2, 0.25) is 0 Å². The maximum absolute atomic E-state index is 5.79. The van der Waals surface area contributed by atoms with E-state index in [1.807, 2.05) is 24.3 Å². The molecule has 0 amide bonds. The molecule has 2 aromatic rings. The van der Waals surface area contributed by atoms with Crippen LogP contribution in [-0.4, -0.2) is 5.16 Å². The molecule has 1 aromatic heterocycles. The van der Waals surface area contributed by atoms with Gasteiger partial charge in [0.1, 0.15) is 12.0 Å². The number of halogens is 2. The van der Waals surface area contributed by atoms with Crippen molar-refractivity contribution >= 4 is 27.5 Å². The van der Waals surface area contributed by atoms with Crippen molar-refractivity contribution in [3.05, 3.63) is 41.1 Å². The second-order valence-electron chi connectivity index (χ2n) is 2.83. The van der Waals surface area contributed by atoms with Gasteiger partial charge >= 0.3 is 0 Å². The molecule has 72 valence electrons. The van der Waals surface area contributed by atoms with Crippen LogP contribution in [0.2, 0.25) is 5.02 Å². The summed E-state index contributed by atoms with van der Waals surface area (Å²) in [6.45, 7) is 0. The van der Waals surface area contributed by atoms with Crippen LogP contribution >= 0.6 is 27.5 Å². The summed E-state index contributed by atoms with van der Waals surface area (Å²) >= 11 is 9.17. The van der Waals surface area contributed by atoms with E-state index in [2.05, 4.69) is 21.1 Å². The highest BCUT2D eigenvalue weighted by Gasteiger charge is 2.08. The molecule has 0 unspecified atom stereocenters. The van der Waals surface area contributed by atoms with Crippen molar-refractivity contribution in [1.29, 1.82) is 0 Å². The minimum atomic E-state index is 0.720. The van der Waals surface area contributed by atoms with Gasteiger partial charge in [-0.1, -0.05) is 44.8 Å². The predicted octanol–water partition coefficient (Wildman–Crippen LogP) is 3.89. The van der Waals surface area contributed by atoms with Crippen LogP contribution in [0.25, 0.3) is 11.3 Å². The lowest BCUT2D eigenvalue weighted by Crippen LogP contribution is -1.82. The van der Waals surface area contributed by atoms with E-state index in [0.717, 1.165) is 27.2 Å². The van der Waals surface area contributed by atoms with Gasteiger partial charge in [0.05, 0.1) is 0 Å². The van der Waals surface area contributed by atoms with Gasteiger partial charge in [0.15, 0.2) is 0 Å². The molecular weight excluding hydrogens is 265 g/mol. The van der Waals surface area contributed by atoms with Crippen molar-refractivity contribution in [3.8, 4) is 11.3 Å². The first-order chi connectivity index (χ1) is 6.81. The van der Waals surface area contributed by atoms with Gasteiger partial charge in [-0.2, -0.15) is 0 Å². The lowest BCUT2D eigenvalue weighted by molar-refractivity contribution is 0.421. The van der Waals surface area contributed by atoms with Crippen LogP contribution in [0.5, 0.6) is 0 Å². The molecule has 2 rings (SSSR count). The number of nitrogens with zero attached hydrogens (tertiary/aromatic N) is 1. The van der Waals surface area contributed by atoms with Crippen molar-refractivity contribution in [3.63, 3.8) is 0 Å². The highest BCUT2D eigenvalue weighted by molar-refractivity contribution is 9.08. The standard InChI is InChI=1S/C10H7BrClNO/c11-5-8-6-14-13-10(8)7-1-3-9(12)4-2-7/h1-4,6H,5H2. The highest BCUT2D eigenvalue weighted by atomic mass is 79.9. The molecule has 14 heavy (non-hydrogen) atoms. The predicted molar refractivity (Wildman–Crippen MR) is 59.6 cm³/mol. The molecule has 0 aliphatic rings. The summed E-state index contributed by atoms with van der Waals surface area (Å²) in [6, 6.07) is 7.52. The average Bonchev–Trinajstić information content (AvgIpc) is 2.67. The van der Waals surface area contributed by atoms with Crippen LogP contribution in [0.3, 0.4) is 0 Å². The maximum Gasteiger partial charge on any atom is 0.128 e. The Hall–Kier alpha value is -0.800. The molecule has 2 nitrogen and oxygen atoms in total. The van der Waals surface area contributed by atoms with Crippen molar-refractivity contribution in [2.45, 2.75) is 5.33 Å². The summed E-state index contributed by atoms with van der Waals surface area (Å²) in [4.78, 5) is 0. The van der Waals surface area contributed by atoms with E-state index in [-0.39, 0.29) is 0 Å². The fraction of sp³-hybridized carbons (Fsp3) is 0.100. The summed E-state index contributed by atoms with van der Waals surface area (Å²) in [5, 5.41) is 5.39. The van der Waals surface area contributed by atoms with E-state index < -0.39 is 0 Å². The minimum absolute atomic E-state index is 0.720. The Labute approximate surface area is 95.0 Å². The summed E-state index contributed by atoms with van der Waals surface area (Å²) in [7, 11) is 0. The molecule has 0 radical (unpaired) electrons.